The Kier molecular flexibility index (Phi) is 5.01. The smallest absolute Gasteiger partial charge is 0.376 e. The highest BCUT2D eigenvalue weighted by Gasteiger charge is 2.28. The van der Waals surface area contributed by atoms with Gasteiger partial charge in [-0.2, -0.15) is 4.89 Å². The van der Waals surface area contributed by atoms with Crippen molar-refractivity contribution in [2.45, 2.75) is 39.2 Å². The number of carbonyl (C=O) groups is 1. The van der Waals surface area contributed by atoms with Gasteiger partial charge in [0.05, 0.1) is 7.11 Å². The number of methoxy groups -OCH3 is 1. The molecular weight excluding hydrogens is 256 g/mol. The van der Waals surface area contributed by atoms with Crippen LogP contribution < -0.4 is 4.74 Å². The first kappa shape index (κ1) is 14.9. The molecule has 0 radical (unpaired) electrons. The molecule has 4 heteroatoms. The van der Waals surface area contributed by atoms with E-state index in [0.717, 1.165) is 25.2 Å². The van der Waals surface area contributed by atoms with Crippen molar-refractivity contribution in [2.24, 2.45) is 11.8 Å². The minimum Gasteiger partial charge on any atom is -0.496 e. The molecule has 0 aliphatic heterocycles. The monoisotopic (exact) mass is 278 g/mol. The Hall–Kier alpha value is -1.55. The molecule has 0 N–H and O–H groups in total. The molecule has 0 saturated heterocycles. The molecule has 20 heavy (non-hydrogen) atoms. The standard InChI is InChI=1S/C16H22O4/c1-11-8-9-14(12(2)10-11)19-20-16(17)13-6-4-5-7-15(13)18-3/h4-7,11-12,14H,8-10H2,1-3H3. The Morgan fingerprint density at radius 2 is 1.95 bits per heavy atom. The highest BCUT2D eigenvalue weighted by atomic mass is 17.2. The highest BCUT2D eigenvalue weighted by molar-refractivity contribution is 5.92. The predicted molar refractivity (Wildman–Crippen MR) is 75.5 cm³/mol. The van der Waals surface area contributed by atoms with Gasteiger partial charge in [0.25, 0.3) is 0 Å². The molecule has 2 rings (SSSR count). The van der Waals surface area contributed by atoms with E-state index in [1.165, 1.54) is 7.11 Å². The average molecular weight is 278 g/mol. The van der Waals surface area contributed by atoms with Crippen molar-refractivity contribution in [3.05, 3.63) is 29.8 Å². The predicted octanol–water partition coefficient (Wildman–Crippen LogP) is 3.61. The van der Waals surface area contributed by atoms with Crippen LogP contribution in [0.3, 0.4) is 0 Å². The fourth-order valence-corrected chi connectivity index (χ4v) is 2.74. The van der Waals surface area contributed by atoms with Crippen LogP contribution >= 0.6 is 0 Å². The molecule has 1 aliphatic rings. The van der Waals surface area contributed by atoms with Crippen LogP contribution in [0.4, 0.5) is 0 Å². The van der Waals surface area contributed by atoms with Crippen LogP contribution in [-0.4, -0.2) is 19.2 Å². The van der Waals surface area contributed by atoms with Crippen LogP contribution in [0.5, 0.6) is 5.75 Å². The summed E-state index contributed by atoms with van der Waals surface area (Å²) in [6.07, 6.45) is 3.14. The van der Waals surface area contributed by atoms with Crippen LogP contribution in [0.2, 0.25) is 0 Å². The molecule has 1 fully saturated rings. The first-order valence-electron chi connectivity index (χ1n) is 7.12. The third-order valence-electron chi connectivity index (χ3n) is 3.93. The Bertz CT molecular complexity index is 458. The quantitative estimate of drug-likeness (QED) is 0.623. The summed E-state index contributed by atoms with van der Waals surface area (Å²) < 4.78 is 5.14. The van der Waals surface area contributed by atoms with Crippen LogP contribution in [-0.2, 0) is 9.78 Å². The minimum absolute atomic E-state index is 0.00939. The molecule has 4 nitrogen and oxygen atoms in total. The van der Waals surface area contributed by atoms with Gasteiger partial charge in [-0.15, -0.1) is 0 Å². The maximum atomic E-state index is 12.0. The average Bonchev–Trinajstić information content (AvgIpc) is 2.46. The Morgan fingerprint density at radius 1 is 1.20 bits per heavy atom. The number of hydrogen-bond acceptors (Lipinski definition) is 4. The maximum absolute atomic E-state index is 12.0. The molecule has 0 aromatic heterocycles. The zero-order valence-corrected chi connectivity index (χ0v) is 12.3. The topological polar surface area (TPSA) is 44.8 Å². The third kappa shape index (κ3) is 3.51. The van der Waals surface area contributed by atoms with E-state index in [2.05, 4.69) is 13.8 Å². The lowest BCUT2D eigenvalue weighted by molar-refractivity contribution is -0.290. The minimum atomic E-state index is -0.506. The second kappa shape index (κ2) is 6.75. The zero-order valence-electron chi connectivity index (χ0n) is 12.3. The first-order valence-corrected chi connectivity index (χ1v) is 7.12. The fourth-order valence-electron chi connectivity index (χ4n) is 2.74. The van der Waals surface area contributed by atoms with Gasteiger partial charge >= 0.3 is 5.97 Å². The summed E-state index contributed by atoms with van der Waals surface area (Å²) in [7, 11) is 1.53. The van der Waals surface area contributed by atoms with Crippen molar-refractivity contribution in [1.82, 2.24) is 0 Å². The second-order valence-corrected chi connectivity index (χ2v) is 5.60. The molecule has 0 amide bonds. The van der Waals surface area contributed by atoms with Crippen LogP contribution in [0.25, 0.3) is 0 Å². The van der Waals surface area contributed by atoms with E-state index < -0.39 is 5.97 Å². The summed E-state index contributed by atoms with van der Waals surface area (Å²) in [4.78, 5) is 22.4. The first-order chi connectivity index (χ1) is 9.61. The fraction of sp³-hybridized carbons (Fsp3) is 0.562. The van der Waals surface area contributed by atoms with Crippen molar-refractivity contribution < 1.29 is 19.3 Å². The summed E-state index contributed by atoms with van der Waals surface area (Å²) in [5, 5.41) is 0. The SMILES string of the molecule is COc1ccccc1C(=O)OOC1CCC(C)CC1C. The number of benzene rings is 1. The number of carbonyl (C=O) groups excluding carboxylic acids is 1. The van der Waals surface area contributed by atoms with E-state index in [4.69, 9.17) is 14.5 Å². The van der Waals surface area contributed by atoms with Gasteiger partial charge in [0.1, 0.15) is 17.4 Å². The van der Waals surface area contributed by atoms with E-state index in [1.54, 1.807) is 24.3 Å². The molecule has 1 aromatic rings. The van der Waals surface area contributed by atoms with Gasteiger partial charge in [0.2, 0.25) is 0 Å². The summed E-state index contributed by atoms with van der Waals surface area (Å²) in [5.41, 5.74) is 0.381. The number of ether oxygens (including phenoxy) is 1. The Morgan fingerprint density at radius 3 is 2.65 bits per heavy atom. The van der Waals surface area contributed by atoms with Gasteiger partial charge in [-0.25, -0.2) is 4.79 Å². The van der Waals surface area contributed by atoms with Crippen molar-refractivity contribution in [2.75, 3.05) is 7.11 Å². The van der Waals surface area contributed by atoms with Crippen molar-refractivity contribution in [1.29, 1.82) is 0 Å². The van der Waals surface area contributed by atoms with Gasteiger partial charge < -0.3 is 4.74 Å². The van der Waals surface area contributed by atoms with E-state index in [1.807, 2.05) is 0 Å². The lowest BCUT2D eigenvalue weighted by atomic mass is 9.81. The Balaban J connectivity index is 1.92. The number of para-hydroxylation sites is 1. The molecule has 1 aromatic carbocycles. The second-order valence-electron chi connectivity index (χ2n) is 5.60. The van der Waals surface area contributed by atoms with Crippen molar-refractivity contribution in [3.63, 3.8) is 0 Å². The highest BCUT2D eigenvalue weighted by Crippen LogP contribution is 2.31. The lowest BCUT2D eigenvalue weighted by Crippen LogP contribution is -2.29. The lowest BCUT2D eigenvalue weighted by Gasteiger charge is -2.30. The van der Waals surface area contributed by atoms with Gasteiger partial charge in [0, 0.05) is 0 Å². The summed E-state index contributed by atoms with van der Waals surface area (Å²) in [5.74, 6) is 1.11. The molecule has 0 spiro atoms. The molecule has 1 aliphatic carbocycles. The molecule has 0 heterocycles. The summed E-state index contributed by atoms with van der Waals surface area (Å²) in [6, 6.07) is 6.96. The van der Waals surface area contributed by atoms with E-state index in [0.29, 0.717) is 17.2 Å². The zero-order chi connectivity index (χ0) is 14.5. The van der Waals surface area contributed by atoms with Gasteiger partial charge in [0.15, 0.2) is 0 Å². The molecule has 110 valence electrons. The summed E-state index contributed by atoms with van der Waals surface area (Å²) in [6.45, 7) is 4.38. The maximum Gasteiger partial charge on any atom is 0.376 e. The van der Waals surface area contributed by atoms with E-state index in [9.17, 15) is 4.79 Å². The van der Waals surface area contributed by atoms with Gasteiger partial charge in [-0.1, -0.05) is 26.0 Å². The molecule has 0 bridgehead atoms. The normalized spacial score (nSPS) is 26.1. The molecule has 3 atom stereocenters. The van der Waals surface area contributed by atoms with Crippen molar-refractivity contribution in [3.8, 4) is 5.75 Å². The molecular formula is C16H22O4. The Labute approximate surface area is 120 Å². The number of hydrogen-bond donors (Lipinski definition) is 0. The third-order valence-corrected chi connectivity index (χ3v) is 3.93. The van der Waals surface area contributed by atoms with Gasteiger partial charge in [-0.05, 0) is 43.2 Å². The van der Waals surface area contributed by atoms with Crippen LogP contribution in [0, 0.1) is 11.8 Å². The molecule has 3 unspecified atom stereocenters. The van der Waals surface area contributed by atoms with Crippen LogP contribution in [0.15, 0.2) is 24.3 Å². The van der Waals surface area contributed by atoms with Crippen LogP contribution in [0.1, 0.15) is 43.5 Å². The summed E-state index contributed by atoms with van der Waals surface area (Å²) >= 11 is 0. The van der Waals surface area contributed by atoms with E-state index >= 15 is 0 Å². The van der Waals surface area contributed by atoms with Crippen molar-refractivity contribution >= 4 is 5.97 Å². The molecule has 1 saturated carbocycles. The van der Waals surface area contributed by atoms with Gasteiger partial charge in [-0.3, -0.25) is 4.89 Å². The largest absolute Gasteiger partial charge is 0.496 e. The van der Waals surface area contributed by atoms with E-state index in [-0.39, 0.29) is 6.10 Å². The number of rotatable bonds is 4.